The molecule has 0 radical (unpaired) electrons. The van der Waals surface area contributed by atoms with Gasteiger partial charge in [-0.15, -0.1) is 0 Å². The summed E-state index contributed by atoms with van der Waals surface area (Å²) in [6.45, 7) is 2.54. The maximum Gasteiger partial charge on any atom is 0.161 e. The van der Waals surface area contributed by atoms with Gasteiger partial charge in [-0.05, 0) is 30.7 Å². The van der Waals surface area contributed by atoms with E-state index in [0.717, 1.165) is 5.69 Å². The van der Waals surface area contributed by atoms with Crippen LogP contribution in [0.2, 0.25) is 0 Å². The van der Waals surface area contributed by atoms with Gasteiger partial charge in [0.05, 0.1) is 11.2 Å². The maximum absolute atomic E-state index is 9.71. The fourth-order valence-corrected chi connectivity index (χ4v) is 2.55. The third-order valence-electron chi connectivity index (χ3n) is 3.60. The number of phenols is 1. The maximum atomic E-state index is 9.71. The highest BCUT2D eigenvalue weighted by Gasteiger charge is 2.09. The molecule has 0 unspecified atom stereocenters. The number of aromatic nitrogens is 1. The lowest BCUT2D eigenvalue weighted by molar-refractivity contribution is 0.282. The van der Waals surface area contributed by atoms with Crippen LogP contribution in [-0.4, -0.2) is 9.67 Å². The van der Waals surface area contributed by atoms with Crippen molar-refractivity contribution in [3.63, 3.8) is 0 Å². The van der Waals surface area contributed by atoms with E-state index in [0.29, 0.717) is 12.4 Å². The average Bonchev–Trinajstić information content (AvgIpc) is 2.76. The standard InChI is InChI=1S/C17H17NO2/c1-12-6-5-7-13-10-14(18(2)17(12)13)11-20-16-9-4-3-8-15(16)19/h3-10,19H,11H2,1-2H3. The molecule has 3 nitrogen and oxygen atoms in total. The van der Waals surface area contributed by atoms with Crippen LogP contribution in [0, 0.1) is 6.92 Å². The van der Waals surface area contributed by atoms with Crippen molar-refractivity contribution in [2.45, 2.75) is 13.5 Å². The summed E-state index contributed by atoms with van der Waals surface area (Å²) in [4.78, 5) is 0. The first-order valence-corrected chi connectivity index (χ1v) is 6.61. The number of aromatic hydroxyl groups is 1. The number of benzene rings is 2. The van der Waals surface area contributed by atoms with Crippen molar-refractivity contribution in [1.29, 1.82) is 0 Å². The van der Waals surface area contributed by atoms with Crippen LogP contribution in [0.1, 0.15) is 11.3 Å². The number of phenolic OH excluding ortho intramolecular Hbond substituents is 1. The van der Waals surface area contributed by atoms with E-state index < -0.39 is 0 Å². The molecule has 1 heterocycles. The molecule has 0 spiro atoms. The molecule has 3 rings (SSSR count). The van der Waals surface area contributed by atoms with Crippen molar-refractivity contribution >= 4 is 10.9 Å². The third kappa shape index (κ3) is 2.11. The number of fused-ring (bicyclic) bond motifs is 1. The molecule has 1 aromatic heterocycles. The summed E-state index contributed by atoms with van der Waals surface area (Å²) in [6.07, 6.45) is 0. The highest BCUT2D eigenvalue weighted by Crippen LogP contribution is 2.27. The molecule has 0 fully saturated rings. The first kappa shape index (κ1) is 12.6. The zero-order chi connectivity index (χ0) is 14.1. The smallest absolute Gasteiger partial charge is 0.161 e. The van der Waals surface area contributed by atoms with E-state index in [1.165, 1.54) is 16.5 Å². The monoisotopic (exact) mass is 267 g/mol. The van der Waals surface area contributed by atoms with Gasteiger partial charge in [0.25, 0.3) is 0 Å². The van der Waals surface area contributed by atoms with Gasteiger partial charge in [0.15, 0.2) is 11.5 Å². The van der Waals surface area contributed by atoms with Crippen molar-refractivity contribution in [2.24, 2.45) is 7.05 Å². The van der Waals surface area contributed by atoms with Crippen LogP contribution in [0.4, 0.5) is 0 Å². The molecular weight excluding hydrogens is 250 g/mol. The van der Waals surface area contributed by atoms with Crippen LogP contribution >= 0.6 is 0 Å². The summed E-state index contributed by atoms with van der Waals surface area (Å²) in [5.74, 6) is 0.678. The van der Waals surface area contributed by atoms with Crippen molar-refractivity contribution in [3.05, 3.63) is 59.8 Å². The Kier molecular flexibility index (Phi) is 3.11. The summed E-state index contributed by atoms with van der Waals surface area (Å²) in [7, 11) is 2.04. The zero-order valence-electron chi connectivity index (χ0n) is 11.6. The van der Waals surface area contributed by atoms with E-state index in [4.69, 9.17) is 4.74 Å². The number of nitrogens with zero attached hydrogens (tertiary/aromatic N) is 1. The second-order valence-corrected chi connectivity index (χ2v) is 4.96. The highest BCUT2D eigenvalue weighted by atomic mass is 16.5. The summed E-state index contributed by atoms with van der Waals surface area (Å²) < 4.78 is 7.85. The molecule has 0 saturated carbocycles. The number of para-hydroxylation sites is 3. The molecule has 0 bridgehead atoms. The van der Waals surface area contributed by atoms with Crippen molar-refractivity contribution in [3.8, 4) is 11.5 Å². The molecular formula is C17H17NO2. The largest absolute Gasteiger partial charge is 0.504 e. The molecule has 0 aliphatic carbocycles. The van der Waals surface area contributed by atoms with E-state index in [9.17, 15) is 5.11 Å². The Balaban J connectivity index is 1.90. The lowest BCUT2D eigenvalue weighted by Crippen LogP contribution is -2.02. The van der Waals surface area contributed by atoms with Crippen LogP contribution in [0.5, 0.6) is 11.5 Å². The molecule has 1 N–H and O–H groups in total. The van der Waals surface area contributed by atoms with Gasteiger partial charge in [-0.2, -0.15) is 0 Å². The van der Waals surface area contributed by atoms with E-state index in [1.807, 2.05) is 13.1 Å². The van der Waals surface area contributed by atoms with Crippen LogP contribution in [0.25, 0.3) is 10.9 Å². The molecule has 3 heteroatoms. The van der Waals surface area contributed by atoms with E-state index in [2.05, 4.69) is 35.8 Å². The molecule has 0 amide bonds. The molecule has 20 heavy (non-hydrogen) atoms. The Morgan fingerprint density at radius 3 is 2.65 bits per heavy atom. The predicted octanol–water partition coefficient (Wildman–Crippen LogP) is 3.77. The summed E-state index contributed by atoms with van der Waals surface area (Å²) in [5.41, 5.74) is 3.56. The molecule has 0 atom stereocenters. The Labute approximate surface area is 118 Å². The van der Waals surface area contributed by atoms with Gasteiger partial charge in [-0.1, -0.05) is 30.3 Å². The number of rotatable bonds is 3. The normalized spacial score (nSPS) is 10.9. The van der Waals surface area contributed by atoms with E-state index in [1.54, 1.807) is 18.2 Å². The van der Waals surface area contributed by atoms with Crippen LogP contribution in [-0.2, 0) is 13.7 Å². The van der Waals surface area contributed by atoms with E-state index >= 15 is 0 Å². The van der Waals surface area contributed by atoms with Gasteiger partial charge in [-0.25, -0.2) is 0 Å². The summed E-state index contributed by atoms with van der Waals surface area (Å²) >= 11 is 0. The lowest BCUT2D eigenvalue weighted by atomic mass is 10.2. The van der Waals surface area contributed by atoms with Crippen LogP contribution < -0.4 is 4.74 Å². The van der Waals surface area contributed by atoms with Crippen LogP contribution in [0.15, 0.2) is 48.5 Å². The second-order valence-electron chi connectivity index (χ2n) is 4.96. The molecule has 0 aliphatic rings. The third-order valence-corrected chi connectivity index (χ3v) is 3.60. The number of ether oxygens (including phenoxy) is 1. The quantitative estimate of drug-likeness (QED) is 0.783. The van der Waals surface area contributed by atoms with E-state index in [-0.39, 0.29) is 5.75 Å². The Morgan fingerprint density at radius 2 is 1.90 bits per heavy atom. The minimum Gasteiger partial charge on any atom is -0.504 e. The lowest BCUT2D eigenvalue weighted by Gasteiger charge is -2.09. The van der Waals surface area contributed by atoms with Gasteiger partial charge < -0.3 is 14.4 Å². The number of hydrogen-bond donors (Lipinski definition) is 1. The fraction of sp³-hybridized carbons (Fsp3) is 0.176. The molecule has 3 aromatic rings. The second kappa shape index (κ2) is 4.93. The summed E-state index contributed by atoms with van der Waals surface area (Å²) in [5, 5.41) is 10.9. The zero-order valence-corrected chi connectivity index (χ0v) is 11.6. The van der Waals surface area contributed by atoms with Gasteiger partial charge in [0, 0.05) is 12.4 Å². The first-order chi connectivity index (χ1) is 9.66. The average molecular weight is 267 g/mol. The highest BCUT2D eigenvalue weighted by molar-refractivity contribution is 5.84. The van der Waals surface area contributed by atoms with Gasteiger partial charge in [0.2, 0.25) is 0 Å². The Bertz CT molecular complexity index is 759. The van der Waals surface area contributed by atoms with Crippen molar-refractivity contribution in [1.82, 2.24) is 4.57 Å². The van der Waals surface area contributed by atoms with Gasteiger partial charge in [-0.3, -0.25) is 0 Å². The van der Waals surface area contributed by atoms with Crippen LogP contribution in [0.3, 0.4) is 0 Å². The molecule has 2 aromatic carbocycles. The fourth-order valence-electron chi connectivity index (χ4n) is 2.55. The molecule has 0 saturated heterocycles. The minimum absolute atomic E-state index is 0.169. The predicted molar refractivity (Wildman–Crippen MR) is 80.1 cm³/mol. The first-order valence-electron chi connectivity index (χ1n) is 6.61. The Hall–Kier alpha value is -2.42. The Morgan fingerprint density at radius 1 is 1.10 bits per heavy atom. The van der Waals surface area contributed by atoms with Crippen molar-refractivity contribution in [2.75, 3.05) is 0 Å². The van der Waals surface area contributed by atoms with Gasteiger partial charge in [0.1, 0.15) is 6.61 Å². The SMILES string of the molecule is Cc1cccc2cc(COc3ccccc3O)n(C)c12. The molecule has 0 aliphatic heterocycles. The minimum atomic E-state index is 0.169. The van der Waals surface area contributed by atoms with Crippen molar-refractivity contribution < 1.29 is 9.84 Å². The number of aryl methyl sites for hydroxylation is 2. The topological polar surface area (TPSA) is 34.4 Å². The summed E-state index contributed by atoms with van der Waals surface area (Å²) in [6, 6.07) is 15.4. The molecule has 102 valence electrons. The number of hydrogen-bond acceptors (Lipinski definition) is 2. The van der Waals surface area contributed by atoms with Gasteiger partial charge >= 0.3 is 0 Å².